The predicted octanol–water partition coefficient (Wildman–Crippen LogP) is 1.01. The second-order valence-corrected chi connectivity index (χ2v) is 4.83. The summed E-state index contributed by atoms with van der Waals surface area (Å²) in [4.78, 5) is 22.1. The molecule has 8 nitrogen and oxygen atoms in total. The van der Waals surface area contributed by atoms with Crippen molar-refractivity contribution in [3.05, 3.63) is 29.8 Å². The monoisotopic (exact) mass is 298 g/mol. The van der Waals surface area contributed by atoms with Gasteiger partial charge in [0.05, 0.1) is 11.4 Å². The molecule has 1 aromatic rings. The van der Waals surface area contributed by atoms with Crippen LogP contribution in [0.4, 0.5) is 5.69 Å². The maximum atomic E-state index is 11.2. The van der Waals surface area contributed by atoms with Gasteiger partial charge in [-0.05, 0) is 17.7 Å². The molecule has 0 aliphatic carbocycles. The largest absolute Gasteiger partial charge is 0.367 e. The average molecular weight is 298 g/mol. The first-order chi connectivity index (χ1) is 10.5. The van der Waals surface area contributed by atoms with Gasteiger partial charge in [0.15, 0.2) is 0 Å². The lowest BCUT2D eigenvalue weighted by atomic mass is 9.94. The Balaban J connectivity index is 2.14. The lowest BCUT2D eigenvalue weighted by Gasteiger charge is -2.19. The minimum atomic E-state index is -1.29. The van der Waals surface area contributed by atoms with Crippen LogP contribution in [0.15, 0.2) is 39.6 Å². The summed E-state index contributed by atoms with van der Waals surface area (Å²) < 4.78 is 0. The molecule has 8 heteroatoms. The number of hydrazone groups is 1. The van der Waals surface area contributed by atoms with Crippen LogP contribution in [0.1, 0.15) is 18.9 Å². The molecule has 0 saturated carbocycles. The molecule has 22 heavy (non-hydrogen) atoms. The highest BCUT2D eigenvalue weighted by Crippen LogP contribution is 2.20. The van der Waals surface area contributed by atoms with E-state index in [0.29, 0.717) is 12.1 Å². The van der Waals surface area contributed by atoms with Crippen LogP contribution in [-0.4, -0.2) is 23.6 Å². The molecule has 0 radical (unpaired) electrons. The Kier molecular flexibility index (Phi) is 4.58. The zero-order valence-corrected chi connectivity index (χ0v) is 11.9. The van der Waals surface area contributed by atoms with Crippen molar-refractivity contribution >= 4 is 23.2 Å². The van der Waals surface area contributed by atoms with Crippen molar-refractivity contribution in [1.29, 1.82) is 5.26 Å². The zero-order chi connectivity index (χ0) is 16.1. The summed E-state index contributed by atoms with van der Waals surface area (Å²) in [6.07, 6.45) is 0.392. The predicted molar refractivity (Wildman–Crippen MR) is 78.0 cm³/mol. The highest BCUT2D eigenvalue weighted by Gasteiger charge is 2.21. The summed E-state index contributed by atoms with van der Waals surface area (Å²) in [5.41, 5.74) is 9.58. The molecule has 2 atom stereocenters. The number of nitrogens with two attached hydrogens (primary N) is 1. The first-order valence-corrected chi connectivity index (χ1v) is 6.58. The third-order valence-electron chi connectivity index (χ3n) is 3.10. The van der Waals surface area contributed by atoms with E-state index in [4.69, 9.17) is 11.0 Å². The number of rotatable bonds is 4. The van der Waals surface area contributed by atoms with Gasteiger partial charge < -0.3 is 5.73 Å². The molecule has 1 heterocycles. The molecule has 1 aliphatic heterocycles. The highest BCUT2D eigenvalue weighted by molar-refractivity contribution is 6.05. The topological polar surface area (TPSA) is 133 Å². The third-order valence-corrected chi connectivity index (χ3v) is 3.10. The Labute approximate surface area is 126 Å². The second-order valence-electron chi connectivity index (χ2n) is 4.83. The van der Waals surface area contributed by atoms with E-state index in [1.165, 1.54) is 0 Å². The fraction of sp³-hybridized carbons (Fsp3) is 0.286. The molecule has 112 valence electrons. The van der Waals surface area contributed by atoms with Gasteiger partial charge in [-0.15, -0.1) is 0 Å². The normalized spacial score (nSPS) is 19.2. The quantitative estimate of drug-likeness (QED) is 0.803. The van der Waals surface area contributed by atoms with Crippen molar-refractivity contribution in [2.75, 3.05) is 0 Å². The minimum Gasteiger partial charge on any atom is -0.367 e. The molecule has 1 aliphatic rings. The second kappa shape index (κ2) is 6.58. The van der Waals surface area contributed by atoms with Crippen LogP contribution in [0, 0.1) is 17.2 Å². The molecule has 2 unspecified atom stereocenters. The molecule has 0 spiro atoms. The average Bonchev–Trinajstić information content (AvgIpc) is 2.48. The van der Waals surface area contributed by atoms with Gasteiger partial charge in [0.2, 0.25) is 11.9 Å². The standard InChI is InChI=1S/C14H14N6O2/c1-8-6-12(21)19-20-13(8)9-2-4-10(5-3-9)17-18-11(7-15)14(16)22/h2-5,8,11H,6H2,1H3,(H2,16,22)(H,19,21). The number of azo groups is 1. The molecule has 0 saturated heterocycles. The number of primary amides is 1. The van der Waals surface area contributed by atoms with E-state index in [-0.39, 0.29) is 11.8 Å². The Morgan fingerprint density at radius 2 is 2.18 bits per heavy atom. The van der Waals surface area contributed by atoms with Gasteiger partial charge in [-0.25, -0.2) is 5.43 Å². The SMILES string of the molecule is CC1CC(=O)NN=C1c1ccc(N=NC(C#N)C(N)=O)cc1. The zero-order valence-electron chi connectivity index (χ0n) is 11.9. The molecule has 0 fully saturated rings. The smallest absolute Gasteiger partial charge is 0.258 e. The number of carbonyl (C=O) groups is 2. The summed E-state index contributed by atoms with van der Waals surface area (Å²) in [5.74, 6) is -0.918. The number of nitriles is 1. The molecule has 1 aromatic carbocycles. The van der Waals surface area contributed by atoms with E-state index in [0.717, 1.165) is 11.3 Å². The van der Waals surface area contributed by atoms with Gasteiger partial charge in [0.25, 0.3) is 5.91 Å². The van der Waals surface area contributed by atoms with Crippen LogP contribution in [0.3, 0.4) is 0 Å². The summed E-state index contributed by atoms with van der Waals surface area (Å²) >= 11 is 0. The highest BCUT2D eigenvalue weighted by atomic mass is 16.2. The van der Waals surface area contributed by atoms with Crippen molar-refractivity contribution < 1.29 is 9.59 Å². The van der Waals surface area contributed by atoms with Crippen molar-refractivity contribution in [2.24, 2.45) is 27.0 Å². The number of benzene rings is 1. The van der Waals surface area contributed by atoms with Crippen LogP contribution < -0.4 is 11.2 Å². The van der Waals surface area contributed by atoms with E-state index in [1.54, 1.807) is 30.3 Å². The number of amides is 2. The Hall–Kier alpha value is -3.08. The van der Waals surface area contributed by atoms with E-state index in [9.17, 15) is 9.59 Å². The van der Waals surface area contributed by atoms with Gasteiger partial charge in [-0.3, -0.25) is 9.59 Å². The maximum absolute atomic E-state index is 11.2. The van der Waals surface area contributed by atoms with Crippen LogP contribution >= 0.6 is 0 Å². The molecule has 0 bridgehead atoms. The number of nitrogens with one attached hydrogen (secondary N) is 1. The van der Waals surface area contributed by atoms with Crippen molar-refractivity contribution in [2.45, 2.75) is 19.4 Å². The van der Waals surface area contributed by atoms with Crippen LogP contribution in [0.5, 0.6) is 0 Å². The fourth-order valence-electron chi connectivity index (χ4n) is 1.97. The number of nitrogens with zero attached hydrogens (tertiary/aromatic N) is 4. The van der Waals surface area contributed by atoms with Crippen LogP contribution in [0.25, 0.3) is 0 Å². The summed E-state index contributed by atoms with van der Waals surface area (Å²) in [6.45, 7) is 1.93. The molecule has 3 N–H and O–H groups in total. The van der Waals surface area contributed by atoms with Gasteiger partial charge in [0.1, 0.15) is 6.07 Å². The van der Waals surface area contributed by atoms with E-state index in [1.807, 2.05) is 6.92 Å². The van der Waals surface area contributed by atoms with Crippen molar-refractivity contribution in [3.63, 3.8) is 0 Å². The van der Waals surface area contributed by atoms with Gasteiger partial charge in [0, 0.05) is 12.3 Å². The number of hydrogen-bond donors (Lipinski definition) is 2. The van der Waals surface area contributed by atoms with Crippen molar-refractivity contribution in [3.8, 4) is 6.07 Å². The van der Waals surface area contributed by atoms with Gasteiger partial charge in [-0.2, -0.15) is 20.6 Å². The Morgan fingerprint density at radius 3 is 2.73 bits per heavy atom. The Morgan fingerprint density at radius 1 is 1.50 bits per heavy atom. The summed E-state index contributed by atoms with van der Waals surface area (Å²) in [7, 11) is 0. The molecule has 2 amide bonds. The maximum Gasteiger partial charge on any atom is 0.258 e. The molecule has 2 rings (SSSR count). The summed E-state index contributed by atoms with van der Waals surface area (Å²) in [5, 5.41) is 20.1. The van der Waals surface area contributed by atoms with E-state index < -0.39 is 11.9 Å². The van der Waals surface area contributed by atoms with Crippen LogP contribution in [0.2, 0.25) is 0 Å². The number of hydrogen-bond acceptors (Lipinski definition) is 6. The van der Waals surface area contributed by atoms with E-state index >= 15 is 0 Å². The molecule has 0 aromatic heterocycles. The van der Waals surface area contributed by atoms with Gasteiger partial charge >= 0.3 is 0 Å². The first-order valence-electron chi connectivity index (χ1n) is 6.58. The van der Waals surface area contributed by atoms with E-state index in [2.05, 4.69) is 20.8 Å². The lowest BCUT2D eigenvalue weighted by molar-refractivity contribution is -0.122. The van der Waals surface area contributed by atoms with Gasteiger partial charge in [-0.1, -0.05) is 19.1 Å². The summed E-state index contributed by atoms with van der Waals surface area (Å²) in [6, 6.07) is 7.29. The third kappa shape index (κ3) is 3.52. The Bertz CT molecular complexity index is 686. The molecular formula is C14H14N6O2. The number of carbonyl (C=O) groups excluding carboxylic acids is 2. The molecular weight excluding hydrogens is 284 g/mol. The van der Waals surface area contributed by atoms with Crippen molar-refractivity contribution in [1.82, 2.24) is 5.43 Å². The lowest BCUT2D eigenvalue weighted by Crippen LogP contribution is -2.31. The minimum absolute atomic E-state index is 0.0269. The van der Waals surface area contributed by atoms with Crippen LogP contribution in [-0.2, 0) is 9.59 Å². The first kappa shape index (κ1) is 15.3. The fourth-order valence-corrected chi connectivity index (χ4v) is 1.97.